The van der Waals surface area contributed by atoms with E-state index in [0.29, 0.717) is 6.04 Å². The third-order valence-corrected chi connectivity index (χ3v) is 4.30. The lowest BCUT2D eigenvalue weighted by Crippen LogP contribution is -2.42. The predicted molar refractivity (Wildman–Crippen MR) is 72.4 cm³/mol. The molecule has 2 N–H and O–H groups in total. The molecule has 3 rings (SSSR count). The Hall–Kier alpha value is -1.69. The van der Waals surface area contributed by atoms with Crippen molar-refractivity contribution >= 4 is 11.8 Å². The molecule has 2 fully saturated rings. The summed E-state index contributed by atoms with van der Waals surface area (Å²) < 4.78 is 14.1. The van der Waals surface area contributed by atoms with Gasteiger partial charge in [-0.2, -0.15) is 0 Å². The highest BCUT2D eigenvalue weighted by Crippen LogP contribution is 2.29. The fraction of sp³-hybridized carbons (Fsp3) is 0.571. The number of carboxylic acid groups (broad SMARTS) is 1. The first kappa shape index (κ1) is 13.3. The average Bonchev–Trinajstić information content (AvgIpc) is 2.84. The van der Waals surface area contributed by atoms with Crippen molar-refractivity contribution in [2.45, 2.75) is 37.8 Å². The van der Waals surface area contributed by atoms with Crippen molar-refractivity contribution in [2.24, 2.45) is 0 Å². The zero-order chi connectivity index (χ0) is 14.1. The minimum atomic E-state index is -1.27. The van der Waals surface area contributed by atoms with Gasteiger partial charge in [0.1, 0.15) is 5.56 Å². The second-order valence-electron chi connectivity index (χ2n) is 5.46. The minimum absolute atomic E-state index is 0.0577. The Kier molecular flexibility index (Phi) is 3.56. The van der Waals surface area contributed by atoms with Crippen LogP contribution in [-0.4, -0.2) is 46.1 Å². The first-order chi connectivity index (χ1) is 9.66. The maximum atomic E-state index is 14.1. The highest BCUT2D eigenvalue weighted by molar-refractivity contribution is 5.88. The first-order valence-electron chi connectivity index (χ1n) is 7.05. The van der Waals surface area contributed by atoms with Crippen molar-refractivity contribution < 1.29 is 14.3 Å². The van der Waals surface area contributed by atoms with Crippen LogP contribution in [0.25, 0.3) is 0 Å². The second kappa shape index (κ2) is 5.36. The summed E-state index contributed by atoms with van der Waals surface area (Å²) in [6.45, 7) is 2.12. The monoisotopic (exact) mass is 279 g/mol. The predicted octanol–water partition coefficient (Wildman–Crippen LogP) is 1.96. The molecule has 2 atom stereocenters. The molecule has 5 nitrogen and oxygen atoms in total. The summed E-state index contributed by atoms with van der Waals surface area (Å²) in [6.07, 6.45) is 5.82. The van der Waals surface area contributed by atoms with Gasteiger partial charge in [0.2, 0.25) is 0 Å². The van der Waals surface area contributed by atoms with Crippen molar-refractivity contribution in [3.05, 3.63) is 23.6 Å². The molecule has 2 unspecified atom stereocenters. The van der Waals surface area contributed by atoms with Gasteiger partial charge in [-0.25, -0.2) is 14.2 Å². The summed E-state index contributed by atoms with van der Waals surface area (Å²) in [7, 11) is 0. The van der Waals surface area contributed by atoms with Crippen LogP contribution < -0.4 is 5.32 Å². The van der Waals surface area contributed by atoms with Gasteiger partial charge in [-0.3, -0.25) is 4.90 Å². The maximum absolute atomic E-state index is 14.1. The van der Waals surface area contributed by atoms with Crippen molar-refractivity contribution in [3.63, 3.8) is 0 Å². The SMILES string of the molecule is O=C(O)c1ccnc(NC2CCN3CCCCC23)c1F. The second-order valence-corrected chi connectivity index (χ2v) is 5.46. The molecule has 0 saturated carbocycles. The smallest absolute Gasteiger partial charge is 0.338 e. The molecule has 0 spiro atoms. The zero-order valence-electron chi connectivity index (χ0n) is 11.2. The molecule has 2 saturated heterocycles. The molecule has 6 heteroatoms. The topological polar surface area (TPSA) is 65.5 Å². The largest absolute Gasteiger partial charge is 0.478 e. The Balaban J connectivity index is 1.78. The molecule has 108 valence electrons. The van der Waals surface area contributed by atoms with Crippen LogP contribution in [0.4, 0.5) is 10.2 Å². The van der Waals surface area contributed by atoms with E-state index in [4.69, 9.17) is 5.11 Å². The van der Waals surface area contributed by atoms with Gasteiger partial charge in [0, 0.05) is 24.8 Å². The van der Waals surface area contributed by atoms with Gasteiger partial charge >= 0.3 is 5.97 Å². The third-order valence-electron chi connectivity index (χ3n) is 4.30. The molecule has 0 aromatic carbocycles. The highest BCUT2D eigenvalue weighted by Gasteiger charge is 2.36. The van der Waals surface area contributed by atoms with Gasteiger partial charge in [0.25, 0.3) is 0 Å². The van der Waals surface area contributed by atoms with Gasteiger partial charge in [0.05, 0.1) is 0 Å². The molecular weight excluding hydrogens is 261 g/mol. The van der Waals surface area contributed by atoms with Crippen LogP contribution in [0.3, 0.4) is 0 Å². The molecule has 0 radical (unpaired) electrons. The molecule has 0 amide bonds. The summed E-state index contributed by atoms with van der Waals surface area (Å²) >= 11 is 0. The lowest BCUT2D eigenvalue weighted by molar-refractivity contribution is 0.0692. The number of carbonyl (C=O) groups is 1. The van der Waals surface area contributed by atoms with E-state index in [1.165, 1.54) is 25.1 Å². The standard InChI is InChI=1S/C14H18FN3O2/c15-12-9(14(19)20)4-6-16-13(12)17-10-5-8-18-7-2-1-3-11(10)18/h4,6,10-11H,1-3,5,7-8H2,(H,16,17)(H,19,20). The number of anilines is 1. The molecule has 2 aliphatic heterocycles. The van der Waals surface area contributed by atoms with E-state index >= 15 is 0 Å². The Morgan fingerprint density at radius 2 is 2.25 bits per heavy atom. The molecule has 3 heterocycles. The van der Waals surface area contributed by atoms with Crippen molar-refractivity contribution in [1.82, 2.24) is 9.88 Å². The van der Waals surface area contributed by atoms with E-state index < -0.39 is 11.8 Å². The van der Waals surface area contributed by atoms with Crippen LogP contribution >= 0.6 is 0 Å². The van der Waals surface area contributed by atoms with E-state index in [9.17, 15) is 9.18 Å². The molecule has 0 bridgehead atoms. The maximum Gasteiger partial charge on any atom is 0.338 e. The number of nitrogens with zero attached hydrogens (tertiary/aromatic N) is 2. The summed E-state index contributed by atoms with van der Waals surface area (Å²) in [5.41, 5.74) is -0.332. The summed E-state index contributed by atoms with van der Waals surface area (Å²) in [5, 5.41) is 12.0. The molecule has 1 aromatic rings. The van der Waals surface area contributed by atoms with Gasteiger partial charge in [-0.1, -0.05) is 6.42 Å². The zero-order valence-corrected chi connectivity index (χ0v) is 11.2. The number of pyridine rings is 1. The molecule has 0 aliphatic carbocycles. The molecular formula is C14H18FN3O2. The number of aromatic nitrogens is 1. The van der Waals surface area contributed by atoms with Crippen molar-refractivity contribution in [1.29, 1.82) is 0 Å². The van der Waals surface area contributed by atoms with Crippen LogP contribution in [0.1, 0.15) is 36.0 Å². The van der Waals surface area contributed by atoms with Crippen LogP contribution in [0.5, 0.6) is 0 Å². The number of nitrogens with one attached hydrogen (secondary N) is 1. The Labute approximate surface area is 116 Å². The molecule has 2 aliphatic rings. The van der Waals surface area contributed by atoms with E-state index in [-0.39, 0.29) is 17.4 Å². The van der Waals surface area contributed by atoms with Gasteiger partial charge in [-0.05, 0) is 31.9 Å². The average molecular weight is 279 g/mol. The van der Waals surface area contributed by atoms with Gasteiger partial charge in [0.15, 0.2) is 11.6 Å². The van der Waals surface area contributed by atoms with Gasteiger partial charge in [-0.15, -0.1) is 0 Å². The number of carboxylic acids is 1. The normalized spacial score (nSPS) is 26.2. The number of rotatable bonds is 3. The quantitative estimate of drug-likeness (QED) is 0.885. The van der Waals surface area contributed by atoms with Crippen LogP contribution in [-0.2, 0) is 0 Å². The van der Waals surface area contributed by atoms with Crippen LogP contribution in [0, 0.1) is 5.82 Å². The van der Waals surface area contributed by atoms with E-state index in [2.05, 4.69) is 15.2 Å². The lowest BCUT2D eigenvalue weighted by Gasteiger charge is -2.32. The van der Waals surface area contributed by atoms with Gasteiger partial charge < -0.3 is 10.4 Å². The molecule has 20 heavy (non-hydrogen) atoms. The number of halogens is 1. The summed E-state index contributed by atoms with van der Waals surface area (Å²) in [5.74, 6) is -1.98. The van der Waals surface area contributed by atoms with E-state index in [0.717, 1.165) is 25.9 Å². The Bertz CT molecular complexity index is 523. The fourth-order valence-electron chi connectivity index (χ4n) is 3.30. The summed E-state index contributed by atoms with van der Waals surface area (Å²) in [4.78, 5) is 17.3. The lowest BCUT2D eigenvalue weighted by atomic mass is 9.99. The first-order valence-corrected chi connectivity index (χ1v) is 7.05. The fourth-order valence-corrected chi connectivity index (χ4v) is 3.30. The van der Waals surface area contributed by atoms with Crippen molar-refractivity contribution in [3.8, 4) is 0 Å². The van der Waals surface area contributed by atoms with Crippen LogP contribution in [0.2, 0.25) is 0 Å². The van der Waals surface area contributed by atoms with E-state index in [1.807, 2.05) is 0 Å². The number of hydrogen-bond acceptors (Lipinski definition) is 4. The van der Waals surface area contributed by atoms with E-state index in [1.54, 1.807) is 0 Å². The minimum Gasteiger partial charge on any atom is -0.478 e. The summed E-state index contributed by atoms with van der Waals surface area (Å²) in [6, 6.07) is 1.75. The molecule has 1 aromatic heterocycles. The highest BCUT2D eigenvalue weighted by atomic mass is 19.1. The van der Waals surface area contributed by atoms with Crippen LogP contribution in [0.15, 0.2) is 12.3 Å². The number of aromatic carboxylic acids is 1. The third kappa shape index (κ3) is 2.35. The Morgan fingerprint density at radius 3 is 3.05 bits per heavy atom. The number of fused-ring (bicyclic) bond motifs is 1. The van der Waals surface area contributed by atoms with Crippen molar-refractivity contribution in [2.75, 3.05) is 18.4 Å². The Morgan fingerprint density at radius 1 is 1.40 bits per heavy atom. The number of hydrogen-bond donors (Lipinski definition) is 2. The number of piperidine rings is 1.